The van der Waals surface area contributed by atoms with Crippen LogP contribution >= 0.6 is 11.6 Å². The molecule has 0 bridgehead atoms. The van der Waals surface area contributed by atoms with Crippen molar-refractivity contribution in [2.45, 2.75) is 44.1 Å². The Hall–Kier alpha value is -4.38. The summed E-state index contributed by atoms with van der Waals surface area (Å²) in [6.07, 6.45) is 6.62. The molecule has 1 fully saturated rings. The predicted octanol–water partition coefficient (Wildman–Crippen LogP) is 4.24. The van der Waals surface area contributed by atoms with Gasteiger partial charge in [0.25, 0.3) is 5.56 Å². The van der Waals surface area contributed by atoms with E-state index in [1.165, 1.54) is 6.33 Å². The van der Waals surface area contributed by atoms with E-state index < -0.39 is 5.95 Å². The molecule has 0 saturated heterocycles. The highest BCUT2D eigenvalue weighted by atomic mass is 35.5. The van der Waals surface area contributed by atoms with Gasteiger partial charge in [-0.2, -0.15) is 4.39 Å². The molecule has 8 rings (SSSR count). The number of halogens is 2. The largest absolute Gasteiger partial charge is 0.326 e. The molecule has 40 heavy (non-hydrogen) atoms. The number of carbonyl (C=O) groups is 1. The van der Waals surface area contributed by atoms with Crippen molar-refractivity contribution in [1.82, 2.24) is 34.7 Å². The molecule has 3 unspecified atom stereocenters. The lowest BCUT2D eigenvalue weighted by molar-refractivity contribution is -0.116. The fourth-order valence-electron chi connectivity index (χ4n) is 6.45. The fraction of sp³-hybridized carbons (Fsp3) is 0.286. The average molecular weight is 557 g/mol. The topological polar surface area (TPSA) is 123 Å². The van der Waals surface area contributed by atoms with Crippen LogP contribution in [0.4, 0.5) is 10.1 Å². The second kappa shape index (κ2) is 8.56. The molecule has 200 valence electrons. The summed E-state index contributed by atoms with van der Waals surface area (Å²) in [5.74, 6) is 0.240. The van der Waals surface area contributed by atoms with Gasteiger partial charge < -0.3 is 14.9 Å². The maximum absolute atomic E-state index is 15.3. The molecule has 3 atom stereocenters. The van der Waals surface area contributed by atoms with E-state index in [4.69, 9.17) is 11.6 Å². The first-order valence-electron chi connectivity index (χ1n) is 13.2. The molecular formula is C28H22ClFN8O2. The molecule has 4 aliphatic rings. The van der Waals surface area contributed by atoms with Crippen molar-refractivity contribution >= 4 is 34.5 Å². The summed E-state index contributed by atoms with van der Waals surface area (Å²) < 4.78 is 18.6. The first kappa shape index (κ1) is 23.5. The number of pyridine rings is 1. The lowest BCUT2D eigenvalue weighted by Crippen LogP contribution is -2.26. The van der Waals surface area contributed by atoms with Crippen LogP contribution in [-0.4, -0.2) is 40.6 Å². The predicted molar refractivity (Wildman–Crippen MR) is 145 cm³/mol. The summed E-state index contributed by atoms with van der Waals surface area (Å²) in [4.78, 5) is 32.8. The highest BCUT2D eigenvalue weighted by Gasteiger charge is 2.54. The minimum atomic E-state index is -0.539. The van der Waals surface area contributed by atoms with E-state index in [9.17, 15) is 9.59 Å². The van der Waals surface area contributed by atoms with Gasteiger partial charge in [-0.15, -0.1) is 5.10 Å². The zero-order valence-corrected chi connectivity index (χ0v) is 21.8. The highest BCUT2D eigenvalue weighted by molar-refractivity contribution is 6.30. The zero-order chi connectivity index (χ0) is 27.1. The second-order valence-corrected chi connectivity index (χ2v) is 11.2. The lowest BCUT2D eigenvalue weighted by Gasteiger charge is -2.20. The summed E-state index contributed by atoms with van der Waals surface area (Å²) in [6.45, 7) is 0. The third-order valence-electron chi connectivity index (χ3n) is 8.38. The average Bonchev–Trinajstić information content (AvgIpc) is 3.24. The highest BCUT2D eigenvalue weighted by Crippen LogP contribution is 2.60. The monoisotopic (exact) mass is 556 g/mol. The number of anilines is 1. The molecule has 3 aromatic heterocycles. The number of aromatic amines is 1. The molecule has 2 N–H and O–H groups in total. The Kier molecular flexibility index (Phi) is 5.03. The Labute approximate surface area is 231 Å². The van der Waals surface area contributed by atoms with Crippen molar-refractivity contribution in [3.05, 3.63) is 86.7 Å². The number of nitrogens with zero attached hydrogens (tertiary/aromatic N) is 6. The van der Waals surface area contributed by atoms with Crippen LogP contribution in [0.3, 0.4) is 0 Å². The first-order valence-corrected chi connectivity index (χ1v) is 13.6. The number of amides is 1. The molecule has 12 heteroatoms. The number of aryl methyl sites for hydroxylation is 1. The van der Waals surface area contributed by atoms with Crippen molar-refractivity contribution in [1.29, 1.82) is 0 Å². The maximum atomic E-state index is 15.3. The summed E-state index contributed by atoms with van der Waals surface area (Å²) in [5.41, 5.74) is 5.74. The minimum Gasteiger partial charge on any atom is -0.326 e. The van der Waals surface area contributed by atoms with Crippen molar-refractivity contribution < 1.29 is 9.18 Å². The maximum Gasteiger partial charge on any atom is 0.252 e. The summed E-state index contributed by atoms with van der Waals surface area (Å²) in [5, 5.41) is 15.1. The van der Waals surface area contributed by atoms with Crippen LogP contribution in [0.2, 0.25) is 0 Å². The number of tetrazole rings is 1. The Morgan fingerprint density at radius 3 is 2.80 bits per heavy atom. The molecule has 1 amide bonds. The first-order chi connectivity index (χ1) is 19.4. The molecule has 1 aromatic carbocycles. The SMILES string of the molecule is O=C1CCc2cc(-c3nc(C4C5CC5c5cc(C6=C(n7cnnn7)CCC(Cl)=C6)cc(=O)n54)[nH]c3F)ccc2N1. The lowest BCUT2D eigenvalue weighted by atomic mass is 9.96. The number of aromatic nitrogens is 7. The van der Waals surface area contributed by atoms with Crippen LogP contribution in [0.5, 0.6) is 0 Å². The third-order valence-corrected chi connectivity index (χ3v) is 8.68. The van der Waals surface area contributed by atoms with E-state index in [-0.39, 0.29) is 35.0 Å². The van der Waals surface area contributed by atoms with Crippen molar-refractivity contribution in [3.63, 3.8) is 0 Å². The zero-order valence-electron chi connectivity index (χ0n) is 21.1. The molecule has 10 nitrogen and oxygen atoms in total. The number of hydrogen-bond acceptors (Lipinski definition) is 6. The summed E-state index contributed by atoms with van der Waals surface area (Å²) in [7, 11) is 0. The Morgan fingerprint density at radius 1 is 1.05 bits per heavy atom. The van der Waals surface area contributed by atoms with Crippen LogP contribution in [-0.2, 0) is 11.2 Å². The van der Waals surface area contributed by atoms with Gasteiger partial charge in [0, 0.05) is 46.0 Å². The Balaban J connectivity index is 1.18. The number of rotatable bonds is 4. The quantitative estimate of drug-likeness (QED) is 0.387. The molecule has 1 saturated carbocycles. The normalized spacial score (nSPS) is 22.9. The van der Waals surface area contributed by atoms with E-state index in [1.54, 1.807) is 27.4 Å². The van der Waals surface area contributed by atoms with Crippen LogP contribution in [0.15, 0.2) is 52.6 Å². The van der Waals surface area contributed by atoms with Crippen LogP contribution in [0.1, 0.15) is 60.3 Å². The summed E-state index contributed by atoms with van der Waals surface area (Å²) >= 11 is 6.41. The van der Waals surface area contributed by atoms with Crippen molar-refractivity contribution in [2.24, 2.45) is 5.92 Å². The number of imidazole rings is 1. The number of fused-ring (bicyclic) bond motifs is 4. The van der Waals surface area contributed by atoms with Crippen LogP contribution in [0.25, 0.3) is 22.5 Å². The van der Waals surface area contributed by atoms with Crippen LogP contribution in [0, 0.1) is 11.9 Å². The standard InChI is InChI=1S/C28H22ClFN8O2/c29-16-3-5-21(37-12-31-35-36-37)17(10-16)15-8-22-18-11-19(18)26(38(22)24(40)9-15)28-33-25(27(30)34-28)14-1-4-20-13(7-14)2-6-23(39)32-20/h1,4,7-10,12,18-19,26H,2-3,5-6,11H2,(H,32,39)(H,33,34). The molecule has 0 radical (unpaired) electrons. The summed E-state index contributed by atoms with van der Waals surface area (Å²) in [6, 6.07) is 8.68. The number of hydrogen-bond donors (Lipinski definition) is 2. The van der Waals surface area contributed by atoms with Gasteiger partial charge in [-0.05, 0) is 77.4 Å². The van der Waals surface area contributed by atoms with E-state index in [0.717, 1.165) is 40.2 Å². The molecule has 4 aromatic rings. The van der Waals surface area contributed by atoms with Gasteiger partial charge >= 0.3 is 0 Å². The number of carbonyl (C=O) groups excluding carboxylic acids is 1. The van der Waals surface area contributed by atoms with Gasteiger partial charge in [0.2, 0.25) is 11.9 Å². The number of benzene rings is 1. The van der Waals surface area contributed by atoms with Crippen molar-refractivity contribution in [2.75, 3.05) is 5.32 Å². The van der Waals surface area contributed by atoms with Crippen molar-refractivity contribution in [3.8, 4) is 11.3 Å². The molecular weight excluding hydrogens is 535 g/mol. The number of allylic oxidation sites excluding steroid dienone is 4. The molecule has 0 spiro atoms. The van der Waals surface area contributed by atoms with E-state index in [2.05, 4.69) is 30.8 Å². The van der Waals surface area contributed by atoms with Crippen LogP contribution < -0.4 is 10.9 Å². The van der Waals surface area contributed by atoms with E-state index >= 15 is 4.39 Å². The third kappa shape index (κ3) is 3.60. The van der Waals surface area contributed by atoms with Gasteiger partial charge in [0.05, 0.1) is 11.7 Å². The smallest absolute Gasteiger partial charge is 0.252 e. The van der Waals surface area contributed by atoms with E-state index in [1.807, 2.05) is 18.2 Å². The van der Waals surface area contributed by atoms with Gasteiger partial charge in [-0.3, -0.25) is 9.59 Å². The molecule has 2 aliphatic carbocycles. The molecule has 5 heterocycles. The number of H-pyrrole nitrogens is 1. The number of nitrogens with one attached hydrogen (secondary N) is 2. The molecule has 2 aliphatic heterocycles. The Bertz CT molecular complexity index is 1850. The van der Waals surface area contributed by atoms with Gasteiger partial charge in [-0.1, -0.05) is 17.7 Å². The van der Waals surface area contributed by atoms with E-state index in [0.29, 0.717) is 42.1 Å². The minimum absolute atomic E-state index is 0.0218. The van der Waals surface area contributed by atoms with Gasteiger partial charge in [-0.25, -0.2) is 9.67 Å². The van der Waals surface area contributed by atoms with Gasteiger partial charge in [0.1, 0.15) is 17.8 Å². The second-order valence-electron chi connectivity index (χ2n) is 10.7. The Morgan fingerprint density at radius 2 is 1.95 bits per heavy atom. The fourth-order valence-corrected chi connectivity index (χ4v) is 6.65. The van der Waals surface area contributed by atoms with Gasteiger partial charge in [0.15, 0.2) is 0 Å².